The lowest BCUT2D eigenvalue weighted by atomic mass is 10.2. The largest absolute Gasteiger partial charge is 0.365 e. The molecule has 0 fully saturated rings. The molecule has 4 aromatic rings. The normalized spacial score (nSPS) is 10.9. The van der Waals surface area contributed by atoms with Gasteiger partial charge in [-0.25, -0.2) is 4.39 Å². The van der Waals surface area contributed by atoms with Gasteiger partial charge >= 0.3 is 0 Å². The predicted octanol–water partition coefficient (Wildman–Crippen LogP) is 4.03. The van der Waals surface area contributed by atoms with Crippen molar-refractivity contribution in [1.29, 1.82) is 0 Å². The first-order chi connectivity index (χ1) is 13.0. The highest BCUT2D eigenvalue weighted by molar-refractivity contribution is 7.21. The maximum absolute atomic E-state index is 13.2. The number of nitrogens with two attached hydrogens (primary N) is 1. The molecule has 134 valence electrons. The molecule has 4 rings (SSSR count). The molecule has 0 saturated heterocycles. The fourth-order valence-corrected chi connectivity index (χ4v) is 4.00. The van der Waals surface area contributed by atoms with Gasteiger partial charge < -0.3 is 11.1 Å². The summed E-state index contributed by atoms with van der Waals surface area (Å²) in [5.41, 5.74) is 7.16. The maximum atomic E-state index is 13.2. The highest BCUT2D eigenvalue weighted by Gasteiger charge is 2.20. The monoisotopic (exact) mass is 379 g/mol. The van der Waals surface area contributed by atoms with E-state index in [4.69, 9.17) is 5.73 Å². The second-order valence-corrected chi connectivity index (χ2v) is 6.86. The van der Waals surface area contributed by atoms with Crippen LogP contribution in [0.5, 0.6) is 0 Å². The first-order valence-electron chi connectivity index (χ1n) is 8.11. The summed E-state index contributed by atoms with van der Waals surface area (Å²) >= 11 is 1.14. The number of anilines is 2. The number of thiophene rings is 1. The molecule has 0 radical (unpaired) electrons. The van der Waals surface area contributed by atoms with Gasteiger partial charge in [0.05, 0.1) is 11.4 Å². The standard InChI is InChI=1S/C20H14FN3O2S/c21-12-6-8-13(9-7-12)23-17-15-10-11-16(25)24(14-4-2-1-3-5-14)20(15)27-18(17)19(22)26/h1-11,23H,(H2,22,26). The summed E-state index contributed by atoms with van der Waals surface area (Å²) in [7, 11) is 0. The molecule has 2 aromatic heterocycles. The lowest BCUT2D eigenvalue weighted by Gasteiger charge is -2.09. The Morgan fingerprint density at radius 1 is 1.00 bits per heavy atom. The second-order valence-electron chi connectivity index (χ2n) is 5.86. The van der Waals surface area contributed by atoms with E-state index >= 15 is 0 Å². The summed E-state index contributed by atoms with van der Waals surface area (Å²) in [6.07, 6.45) is 0. The molecular weight excluding hydrogens is 365 g/mol. The Balaban J connectivity index is 1.96. The van der Waals surface area contributed by atoms with Crippen LogP contribution in [0.4, 0.5) is 15.8 Å². The number of para-hydroxylation sites is 1. The molecule has 3 N–H and O–H groups in total. The minimum Gasteiger partial charge on any atom is -0.365 e. The first kappa shape index (κ1) is 17.0. The van der Waals surface area contributed by atoms with Crippen molar-refractivity contribution in [2.45, 2.75) is 0 Å². The quantitative estimate of drug-likeness (QED) is 0.562. The number of fused-ring (bicyclic) bond motifs is 1. The first-order valence-corrected chi connectivity index (χ1v) is 8.92. The van der Waals surface area contributed by atoms with Crippen LogP contribution in [-0.4, -0.2) is 10.5 Å². The molecule has 2 heterocycles. The third-order valence-electron chi connectivity index (χ3n) is 4.09. The molecule has 5 nitrogen and oxygen atoms in total. The lowest BCUT2D eigenvalue weighted by Crippen LogP contribution is -2.16. The van der Waals surface area contributed by atoms with Crippen molar-refractivity contribution in [3.8, 4) is 5.69 Å². The summed E-state index contributed by atoms with van der Waals surface area (Å²) in [5, 5.41) is 3.81. The smallest absolute Gasteiger partial charge is 0.261 e. The number of carbonyl (C=O) groups is 1. The van der Waals surface area contributed by atoms with Gasteiger partial charge in [0, 0.05) is 17.1 Å². The number of halogens is 1. The Kier molecular flexibility index (Phi) is 4.21. The van der Waals surface area contributed by atoms with E-state index in [1.165, 1.54) is 18.2 Å². The van der Waals surface area contributed by atoms with Crippen LogP contribution in [0.1, 0.15) is 9.67 Å². The number of nitrogens with one attached hydrogen (secondary N) is 1. The summed E-state index contributed by atoms with van der Waals surface area (Å²) in [5.74, 6) is -0.961. The van der Waals surface area contributed by atoms with Crippen LogP contribution in [0.2, 0.25) is 0 Å². The maximum Gasteiger partial charge on any atom is 0.261 e. The summed E-state index contributed by atoms with van der Waals surface area (Å²) in [6, 6.07) is 18.0. The molecule has 27 heavy (non-hydrogen) atoms. The zero-order valence-electron chi connectivity index (χ0n) is 14.0. The fraction of sp³-hybridized carbons (Fsp3) is 0. The summed E-state index contributed by atoms with van der Waals surface area (Å²) < 4.78 is 14.7. The molecule has 0 aliphatic carbocycles. The molecule has 0 bridgehead atoms. The third kappa shape index (κ3) is 3.09. The van der Waals surface area contributed by atoms with Crippen molar-refractivity contribution < 1.29 is 9.18 Å². The Bertz CT molecular complexity index is 1200. The molecule has 0 atom stereocenters. The van der Waals surface area contributed by atoms with Crippen molar-refractivity contribution in [2.75, 3.05) is 5.32 Å². The van der Waals surface area contributed by atoms with Gasteiger partial charge in [-0.05, 0) is 42.5 Å². The van der Waals surface area contributed by atoms with E-state index in [0.717, 1.165) is 11.3 Å². The van der Waals surface area contributed by atoms with Gasteiger partial charge in [0.25, 0.3) is 11.5 Å². The van der Waals surface area contributed by atoms with Gasteiger partial charge in [-0.3, -0.25) is 14.2 Å². The van der Waals surface area contributed by atoms with Crippen LogP contribution < -0.4 is 16.6 Å². The third-order valence-corrected chi connectivity index (χ3v) is 5.30. The van der Waals surface area contributed by atoms with E-state index in [9.17, 15) is 14.0 Å². The highest BCUT2D eigenvalue weighted by Crippen LogP contribution is 2.37. The van der Waals surface area contributed by atoms with Crippen molar-refractivity contribution in [1.82, 2.24) is 4.57 Å². The molecule has 1 amide bonds. The van der Waals surface area contributed by atoms with E-state index < -0.39 is 5.91 Å². The average Bonchev–Trinajstić information content (AvgIpc) is 3.03. The number of aromatic nitrogens is 1. The zero-order chi connectivity index (χ0) is 19.0. The van der Waals surface area contributed by atoms with Gasteiger partial charge in [-0.15, -0.1) is 11.3 Å². The van der Waals surface area contributed by atoms with Crippen LogP contribution in [0, 0.1) is 5.82 Å². The topological polar surface area (TPSA) is 77.1 Å². The zero-order valence-corrected chi connectivity index (χ0v) is 14.8. The highest BCUT2D eigenvalue weighted by atomic mass is 32.1. The lowest BCUT2D eigenvalue weighted by molar-refractivity contribution is 0.100. The van der Waals surface area contributed by atoms with E-state index in [1.807, 2.05) is 30.3 Å². The molecule has 0 aliphatic heterocycles. The molecule has 0 spiro atoms. The number of benzene rings is 2. The van der Waals surface area contributed by atoms with Gasteiger partial charge in [-0.1, -0.05) is 18.2 Å². The number of hydrogen-bond donors (Lipinski definition) is 2. The van der Waals surface area contributed by atoms with Crippen LogP contribution in [0.15, 0.2) is 71.5 Å². The number of nitrogens with zero attached hydrogens (tertiary/aromatic N) is 1. The van der Waals surface area contributed by atoms with Crippen LogP contribution >= 0.6 is 11.3 Å². The van der Waals surface area contributed by atoms with E-state index in [2.05, 4.69) is 5.32 Å². The minimum atomic E-state index is -0.604. The molecule has 0 aliphatic rings. The number of amides is 1. The van der Waals surface area contributed by atoms with Crippen LogP contribution in [0.25, 0.3) is 15.9 Å². The molecule has 2 aromatic carbocycles. The van der Waals surface area contributed by atoms with Crippen molar-refractivity contribution in [2.24, 2.45) is 5.73 Å². The number of rotatable bonds is 4. The Morgan fingerprint density at radius 2 is 1.70 bits per heavy atom. The fourth-order valence-electron chi connectivity index (χ4n) is 2.88. The molecule has 0 unspecified atom stereocenters. The van der Waals surface area contributed by atoms with E-state index in [-0.39, 0.29) is 11.4 Å². The van der Waals surface area contributed by atoms with Crippen molar-refractivity contribution in [3.05, 3.63) is 87.8 Å². The number of pyridine rings is 1. The predicted molar refractivity (Wildman–Crippen MR) is 106 cm³/mol. The van der Waals surface area contributed by atoms with Crippen LogP contribution in [-0.2, 0) is 0 Å². The van der Waals surface area contributed by atoms with Gasteiger partial charge in [0.15, 0.2) is 0 Å². The van der Waals surface area contributed by atoms with Gasteiger partial charge in [0.2, 0.25) is 0 Å². The average molecular weight is 379 g/mol. The van der Waals surface area contributed by atoms with Crippen LogP contribution in [0.3, 0.4) is 0 Å². The SMILES string of the molecule is NC(=O)c1sc2c(ccc(=O)n2-c2ccccc2)c1Nc1ccc(F)cc1. The number of primary amides is 1. The second kappa shape index (κ2) is 6.69. The number of carbonyl (C=O) groups excluding carboxylic acids is 1. The summed E-state index contributed by atoms with van der Waals surface area (Å²) in [4.78, 5) is 25.4. The van der Waals surface area contributed by atoms with Gasteiger partial charge in [0.1, 0.15) is 15.5 Å². The van der Waals surface area contributed by atoms with Gasteiger partial charge in [-0.2, -0.15) is 0 Å². The summed E-state index contributed by atoms with van der Waals surface area (Å²) in [6.45, 7) is 0. The van der Waals surface area contributed by atoms with E-state index in [1.54, 1.807) is 22.8 Å². The Morgan fingerprint density at radius 3 is 2.37 bits per heavy atom. The molecule has 0 saturated carbocycles. The minimum absolute atomic E-state index is 0.209. The number of hydrogen-bond acceptors (Lipinski definition) is 4. The Labute approximate surface area is 157 Å². The molecule has 7 heteroatoms. The van der Waals surface area contributed by atoms with Crippen molar-refractivity contribution in [3.63, 3.8) is 0 Å². The van der Waals surface area contributed by atoms with Crippen molar-refractivity contribution >= 4 is 38.8 Å². The van der Waals surface area contributed by atoms with E-state index in [0.29, 0.717) is 32.2 Å². The molecular formula is C20H14FN3O2S. The Hall–Kier alpha value is -3.45.